The quantitative estimate of drug-likeness (QED) is 0.894. The Balaban J connectivity index is 1.45. The molecular weight excluding hydrogens is 322 g/mol. The van der Waals surface area contributed by atoms with Gasteiger partial charge in [0.25, 0.3) is 0 Å². The standard InChI is InChI=1S/C18H25N3O4/c1-14(22)20-7-2-8-21(10-9-20)18(23)19-6-5-15-3-4-16-17(13-15)25-12-11-24-16/h3-4,13H,2,5-12H2,1H3,(H,19,23). The molecule has 1 fully saturated rings. The highest BCUT2D eigenvalue weighted by Crippen LogP contribution is 2.30. The summed E-state index contributed by atoms with van der Waals surface area (Å²) in [4.78, 5) is 27.3. The maximum Gasteiger partial charge on any atom is 0.317 e. The largest absolute Gasteiger partial charge is 0.486 e. The van der Waals surface area contributed by atoms with Crippen molar-refractivity contribution in [2.24, 2.45) is 0 Å². The lowest BCUT2D eigenvalue weighted by molar-refractivity contribution is -0.128. The molecule has 0 radical (unpaired) electrons. The summed E-state index contributed by atoms with van der Waals surface area (Å²) in [5.41, 5.74) is 1.10. The number of rotatable bonds is 3. The van der Waals surface area contributed by atoms with Crippen molar-refractivity contribution in [3.8, 4) is 11.5 Å². The van der Waals surface area contributed by atoms with Gasteiger partial charge in [-0.05, 0) is 30.5 Å². The number of hydrogen-bond donors (Lipinski definition) is 1. The van der Waals surface area contributed by atoms with E-state index in [1.807, 2.05) is 18.2 Å². The molecule has 1 saturated heterocycles. The van der Waals surface area contributed by atoms with Crippen molar-refractivity contribution in [2.45, 2.75) is 19.8 Å². The fourth-order valence-electron chi connectivity index (χ4n) is 3.10. The molecule has 136 valence electrons. The minimum absolute atomic E-state index is 0.0667. The van der Waals surface area contributed by atoms with E-state index in [1.54, 1.807) is 16.7 Å². The summed E-state index contributed by atoms with van der Waals surface area (Å²) in [7, 11) is 0. The van der Waals surface area contributed by atoms with Gasteiger partial charge in [0.2, 0.25) is 5.91 Å². The van der Waals surface area contributed by atoms with Gasteiger partial charge in [0.15, 0.2) is 11.5 Å². The van der Waals surface area contributed by atoms with E-state index >= 15 is 0 Å². The van der Waals surface area contributed by atoms with Gasteiger partial charge >= 0.3 is 6.03 Å². The second-order valence-corrected chi connectivity index (χ2v) is 6.31. The normalized spacial score (nSPS) is 17.0. The van der Waals surface area contributed by atoms with Gasteiger partial charge in [-0.15, -0.1) is 0 Å². The highest BCUT2D eigenvalue weighted by Gasteiger charge is 2.20. The highest BCUT2D eigenvalue weighted by molar-refractivity contribution is 5.75. The van der Waals surface area contributed by atoms with Crippen LogP contribution in [-0.4, -0.2) is 67.7 Å². The number of carbonyl (C=O) groups is 2. The summed E-state index contributed by atoms with van der Waals surface area (Å²) in [6, 6.07) is 5.81. The lowest BCUT2D eigenvalue weighted by atomic mass is 10.1. The summed E-state index contributed by atoms with van der Waals surface area (Å²) in [5, 5.41) is 2.96. The Labute approximate surface area is 147 Å². The first-order valence-corrected chi connectivity index (χ1v) is 8.80. The number of carbonyl (C=O) groups excluding carboxylic acids is 2. The third-order valence-electron chi connectivity index (χ3n) is 4.52. The molecule has 1 N–H and O–H groups in total. The van der Waals surface area contributed by atoms with Crippen molar-refractivity contribution in [1.82, 2.24) is 15.1 Å². The van der Waals surface area contributed by atoms with Crippen LogP contribution < -0.4 is 14.8 Å². The van der Waals surface area contributed by atoms with Crippen LogP contribution in [0.25, 0.3) is 0 Å². The van der Waals surface area contributed by atoms with Crippen molar-refractivity contribution < 1.29 is 19.1 Å². The van der Waals surface area contributed by atoms with Gasteiger partial charge in [0, 0.05) is 39.6 Å². The van der Waals surface area contributed by atoms with Crippen LogP contribution in [0.1, 0.15) is 18.9 Å². The van der Waals surface area contributed by atoms with Crippen LogP contribution in [0.15, 0.2) is 18.2 Å². The minimum Gasteiger partial charge on any atom is -0.486 e. The summed E-state index contributed by atoms with van der Waals surface area (Å²) >= 11 is 0. The van der Waals surface area contributed by atoms with Crippen molar-refractivity contribution in [2.75, 3.05) is 45.9 Å². The van der Waals surface area contributed by atoms with E-state index in [9.17, 15) is 9.59 Å². The van der Waals surface area contributed by atoms with Crippen molar-refractivity contribution in [1.29, 1.82) is 0 Å². The molecule has 3 rings (SSSR count). The van der Waals surface area contributed by atoms with Gasteiger partial charge in [-0.25, -0.2) is 4.79 Å². The lowest BCUT2D eigenvalue weighted by Gasteiger charge is -2.22. The first-order valence-electron chi connectivity index (χ1n) is 8.80. The fraction of sp³-hybridized carbons (Fsp3) is 0.556. The summed E-state index contributed by atoms with van der Waals surface area (Å²) in [6.45, 7) is 5.86. The van der Waals surface area contributed by atoms with Gasteiger partial charge in [0.05, 0.1) is 0 Å². The molecular formula is C18H25N3O4. The number of hydrogen-bond acceptors (Lipinski definition) is 4. The average Bonchev–Trinajstić information content (AvgIpc) is 2.88. The van der Waals surface area contributed by atoms with Crippen LogP contribution in [0.5, 0.6) is 11.5 Å². The Kier molecular flexibility index (Phi) is 5.63. The van der Waals surface area contributed by atoms with Gasteiger partial charge < -0.3 is 24.6 Å². The number of benzene rings is 1. The highest BCUT2D eigenvalue weighted by atomic mass is 16.6. The number of fused-ring (bicyclic) bond motifs is 1. The van der Waals surface area contributed by atoms with Crippen LogP contribution in [0, 0.1) is 0 Å². The molecule has 2 aliphatic heterocycles. The zero-order valence-electron chi connectivity index (χ0n) is 14.6. The van der Waals surface area contributed by atoms with Crippen molar-refractivity contribution in [3.05, 3.63) is 23.8 Å². The van der Waals surface area contributed by atoms with Gasteiger partial charge in [-0.3, -0.25) is 4.79 Å². The molecule has 7 nitrogen and oxygen atoms in total. The molecule has 1 aromatic rings. The monoisotopic (exact) mass is 347 g/mol. The molecule has 0 bridgehead atoms. The topological polar surface area (TPSA) is 71.1 Å². The maximum atomic E-state index is 12.3. The molecule has 3 amide bonds. The van der Waals surface area contributed by atoms with Crippen LogP contribution in [0.3, 0.4) is 0 Å². The molecule has 0 atom stereocenters. The first kappa shape index (κ1) is 17.4. The van der Waals surface area contributed by atoms with Gasteiger partial charge in [0.1, 0.15) is 13.2 Å². The Bertz CT molecular complexity index is 635. The van der Waals surface area contributed by atoms with Crippen LogP contribution in [0.4, 0.5) is 4.79 Å². The molecule has 1 aromatic carbocycles. The smallest absolute Gasteiger partial charge is 0.317 e. The van der Waals surface area contributed by atoms with Crippen LogP contribution >= 0.6 is 0 Å². The van der Waals surface area contributed by atoms with Crippen molar-refractivity contribution >= 4 is 11.9 Å². The van der Waals surface area contributed by atoms with Gasteiger partial charge in [-0.1, -0.05) is 6.07 Å². The first-order chi connectivity index (χ1) is 12.1. The molecule has 2 aliphatic rings. The third kappa shape index (κ3) is 4.55. The number of ether oxygens (including phenoxy) is 2. The van der Waals surface area contributed by atoms with Crippen molar-refractivity contribution in [3.63, 3.8) is 0 Å². The number of nitrogens with one attached hydrogen (secondary N) is 1. The zero-order valence-corrected chi connectivity index (χ0v) is 14.6. The van der Waals surface area contributed by atoms with E-state index in [4.69, 9.17) is 9.47 Å². The second kappa shape index (κ2) is 8.09. The molecule has 7 heteroatoms. The number of urea groups is 1. The van der Waals surface area contributed by atoms with E-state index in [0.29, 0.717) is 39.4 Å². The fourth-order valence-corrected chi connectivity index (χ4v) is 3.10. The molecule has 0 unspecified atom stereocenters. The molecule has 0 aliphatic carbocycles. The molecule has 0 aromatic heterocycles. The average molecular weight is 347 g/mol. The van der Waals surface area contributed by atoms with E-state index in [0.717, 1.165) is 36.4 Å². The summed E-state index contributed by atoms with van der Waals surface area (Å²) in [6.07, 6.45) is 1.55. The maximum absolute atomic E-state index is 12.3. The van der Waals surface area contributed by atoms with Gasteiger partial charge in [-0.2, -0.15) is 0 Å². The summed E-state index contributed by atoms with van der Waals surface area (Å²) < 4.78 is 11.1. The molecule has 0 saturated carbocycles. The Hall–Kier alpha value is -2.44. The minimum atomic E-state index is -0.0667. The number of nitrogens with zero attached hydrogens (tertiary/aromatic N) is 2. The Morgan fingerprint density at radius 1 is 1.04 bits per heavy atom. The summed E-state index contributed by atoms with van der Waals surface area (Å²) in [5.74, 6) is 1.62. The predicted molar refractivity (Wildman–Crippen MR) is 93.0 cm³/mol. The van der Waals surface area contributed by atoms with E-state index in [1.165, 1.54) is 0 Å². The SMILES string of the molecule is CC(=O)N1CCCN(C(=O)NCCc2ccc3c(c2)OCCO3)CC1. The third-order valence-corrected chi connectivity index (χ3v) is 4.52. The van der Waals surface area contributed by atoms with E-state index < -0.39 is 0 Å². The Morgan fingerprint density at radius 3 is 2.56 bits per heavy atom. The molecule has 2 heterocycles. The predicted octanol–water partition coefficient (Wildman–Crippen LogP) is 1.26. The molecule has 25 heavy (non-hydrogen) atoms. The number of amides is 3. The van der Waals surface area contributed by atoms with Crippen LogP contribution in [0.2, 0.25) is 0 Å². The molecule has 0 spiro atoms. The second-order valence-electron chi connectivity index (χ2n) is 6.31. The van der Waals surface area contributed by atoms with E-state index in [2.05, 4.69) is 5.32 Å². The van der Waals surface area contributed by atoms with E-state index in [-0.39, 0.29) is 11.9 Å². The van der Waals surface area contributed by atoms with Crippen LogP contribution in [-0.2, 0) is 11.2 Å². The lowest BCUT2D eigenvalue weighted by Crippen LogP contribution is -2.43. The Morgan fingerprint density at radius 2 is 1.76 bits per heavy atom. The zero-order chi connectivity index (χ0) is 17.6.